The molecule has 0 bridgehead atoms. The smallest absolute Gasteiger partial charge is 0.164 e. The monoisotopic (exact) mass is 254 g/mol. The number of aliphatic hydroxyl groups is 1. The summed E-state index contributed by atoms with van der Waals surface area (Å²) in [6, 6.07) is 0. The number of aliphatic hydroxyl groups excluding tert-OH is 1. The molecular weight excluding hydrogens is 228 g/mol. The topological polar surface area (TPSA) is 38.7 Å². The molecule has 1 aliphatic carbocycles. The van der Waals surface area contributed by atoms with Crippen LogP contribution in [0.2, 0.25) is 0 Å². The molecular formula is C15H26O3. The van der Waals surface area contributed by atoms with E-state index in [0.29, 0.717) is 19.1 Å². The maximum absolute atomic E-state index is 9.30. The highest BCUT2D eigenvalue weighted by atomic mass is 16.7. The molecule has 0 saturated carbocycles. The van der Waals surface area contributed by atoms with Gasteiger partial charge in [0, 0.05) is 19.1 Å². The molecule has 0 fully saturated rings. The van der Waals surface area contributed by atoms with Gasteiger partial charge in [0.05, 0.1) is 6.61 Å². The lowest BCUT2D eigenvalue weighted by Crippen LogP contribution is -2.34. The first-order valence-corrected chi connectivity index (χ1v) is 6.83. The first-order valence-electron chi connectivity index (χ1n) is 6.83. The van der Waals surface area contributed by atoms with E-state index in [1.807, 2.05) is 13.8 Å². The largest absolute Gasteiger partial charge is 0.392 e. The normalized spacial score (nSPS) is 24.2. The Morgan fingerprint density at radius 3 is 2.50 bits per heavy atom. The van der Waals surface area contributed by atoms with Gasteiger partial charge < -0.3 is 14.6 Å². The first kappa shape index (κ1) is 15.4. The van der Waals surface area contributed by atoms with Crippen molar-refractivity contribution in [3.8, 4) is 0 Å². The molecule has 1 rings (SSSR count). The van der Waals surface area contributed by atoms with Gasteiger partial charge in [0.25, 0.3) is 0 Å². The number of hydrogen-bond acceptors (Lipinski definition) is 3. The summed E-state index contributed by atoms with van der Waals surface area (Å²) in [7, 11) is 0. The zero-order chi connectivity index (χ0) is 13.5. The molecule has 1 aliphatic rings. The van der Waals surface area contributed by atoms with Gasteiger partial charge in [-0.25, -0.2) is 0 Å². The van der Waals surface area contributed by atoms with Crippen molar-refractivity contribution in [2.24, 2.45) is 11.8 Å². The molecule has 3 heteroatoms. The molecule has 104 valence electrons. The Balaban J connectivity index is 2.89. The molecule has 0 aliphatic heterocycles. The molecule has 0 aromatic rings. The minimum atomic E-state index is -0.233. The summed E-state index contributed by atoms with van der Waals surface area (Å²) in [5.74, 6) is 0.543. The van der Waals surface area contributed by atoms with Crippen molar-refractivity contribution in [1.82, 2.24) is 0 Å². The Morgan fingerprint density at radius 2 is 2.06 bits per heavy atom. The summed E-state index contributed by atoms with van der Waals surface area (Å²) >= 11 is 0. The van der Waals surface area contributed by atoms with E-state index in [0.717, 1.165) is 24.0 Å². The summed E-state index contributed by atoms with van der Waals surface area (Å²) in [5.41, 5.74) is 2.25. The minimum Gasteiger partial charge on any atom is -0.392 e. The van der Waals surface area contributed by atoms with Crippen molar-refractivity contribution in [3.05, 3.63) is 23.8 Å². The Bertz CT molecular complexity index is 290. The summed E-state index contributed by atoms with van der Waals surface area (Å²) in [6.07, 6.45) is 3.85. The highest BCUT2D eigenvalue weighted by molar-refractivity contribution is 5.16. The van der Waals surface area contributed by atoms with Crippen LogP contribution in [0.5, 0.6) is 0 Å². The summed E-state index contributed by atoms with van der Waals surface area (Å²) in [6.45, 7) is 11.5. The summed E-state index contributed by atoms with van der Waals surface area (Å²) < 4.78 is 11.4. The molecule has 1 N–H and O–H groups in total. The average molecular weight is 254 g/mol. The van der Waals surface area contributed by atoms with Crippen molar-refractivity contribution >= 4 is 0 Å². The van der Waals surface area contributed by atoms with E-state index >= 15 is 0 Å². The summed E-state index contributed by atoms with van der Waals surface area (Å²) in [5, 5.41) is 9.30. The Kier molecular flexibility index (Phi) is 6.61. The highest BCUT2D eigenvalue weighted by Crippen LogP contribution is 2.36. The number of hydrogen-bond donors (Lipinski definition) is 1. The van der Waals surface area contributed by atoms with E-state index < -0.39 is 0 Å². The van der Waals surface area contributed by atoms with E-state index in [9.17, 15) is 5.11 Å². The zero-order valence-electron chi connectivity index (χ0n) is 11.8. The van der Waals surface area contributed by atoms with Gasteiger partial charge in [0.15, 0.2) is 6.29 Å². The maximum atomic E-state index is 9.30. The van der Waals surface area contributed by atoms with Crippen LogP contribution in [0.4, 0.5) is 0 Å². The van der Waals surface area contributed by atoms with E-state index in [4.69, 9.17) is 9.47 Å². The molecule has 3 nitrogen and oxygen atoms in total. The van der Waals surface area contributed by atoms with E-state index in [2.05, 4.69) is 19.6 Å². The van der Waals surface area contributed by atoms with Gasteiger partial charge >= 0.3 is 0 Å². The van der Waals surface area contributed by atoms with E-state index in [-0.39, 0.29) is 18.8 Å². The van der Waals surface area contributed by atoms with Gasteiger partial charge in [-0.15, -0.1) is 0 Å². The molecule has 2 atom stereocenters. The lowest BCUT2D eigenvalue weighted by atomic mass is 9.77. The third kappa shape index (κ3) is 3.94. The van der Waals surface area contributed by atoms with Crippen LogP contribution in [0.1, 0.15) is 33.6 Å². The second kappa shape index (κ2) is 7.72. The van der Waals surface area contributed by atoms with Crippen LogP contribution in [0, 0.1) is 11.8 Å². The van der Waals surface area contributed by atoms with Gasteiger partial charge in [0.1, 0.15) is 0 Å². The second-order valence-corrected chi connectivity index (χ2v) is 4.83. The quantitative estimate of drug-likeness (QED) is 0.561. The van der Waals surface area contributed by atoms with Gasteiger partial charge in [-0.3, -0.25) is 0 Å². The average Bonchev–Trinajstić information content (AvgIpc) is 2.37. The SMILES string of the molecule is C=C(C)[C@H]1CCC(CO)=CC1C(OCC)OCC. The molecule has 0 amide bonds. The van der Waals surface area contributed by atoms with Crippen molar-refractivity contribution < 1.29 is 14.6 Å². The van der Waals surface area contributed by atoms with Crippen LogP contribution in [-0.4, -0.2) is 31.2 Å². The fraction of sp³-hybridized carbons (Fsp3) is 0.733. The number of allylic oxidation sites excluding steroid dienone is 1. The van der Waals surface area contributed by atoms with E-state index in [1.165, 1.54) is 0 Å². The molecule has 1 unspecified atom stereocenters. The number of ether oxygens (including phenoxy) is 2. The van der Waals surface area contributed by atoms with Crippen molar-refractivity contribution in [3.63, 3.8) is 0 Å². The second-order valence-electron chi connectivity index (χ2n) is 4.83. The standard InChI is InChI=1S/C15H26O3/c1-5-17-15(18-6-2)14-9-12(10-16)7-8-13(14)11(3)4/h9,13-16H,3,5-8,10H2,1-2,4H3/t13-,14?/m1/s1. The lowest BCUT2D eigenvalue weighted by Gasteiger charge is -2.35. The molecule has 18 heavy (non-hydrogen) atoms. The van der Waals surface area contributed by atoms with Crippen molar-refractivity contribution in [2.75, 3.05) is 19.8 Å². The summed E-state index contributed by atoms with van der Waals surface area (Å²) in [4.78, 5) is 0. The Labute approximate surface area is 110 Å². The predicted molar refractivity (Wildman–Crippen MR) is 73.2 cm³/mol. The van der Waals surface area contributed by atoms with Gasteiger partial charge in [-0.1, -0.05) is 18.2 Å². The minimum absolute atomic E-state index is 0.129. The Hall–Kier alpha value is -0.640. The van der Waals surface area contributed by atoms with Crippen LogP contribution in [-0.2, 0) is 9.47 Å². The molecule has 0 radical (unpaired) electrons. The molecule has 0 aromatic carbocycles. The molecule has 0 spiro atoms. The van der Waals surface area contributed by atoms with Crippen LogP contribution in [0.25, 0.3) is 0 Å². The van der Waals surface area contributed by atoms with Crippen LogP contribution >= 0.6 is 0 Å². The van der Waals surface area contributed by atoms with Crippen LogP contribution in [0.15, 0.2) is 23.8 Å². The molecule has 0 saturated heterocycles. The third-order valence-corrected chi connectivity index (χ3v) is 3.48. The molecule has 0 heterocycles. The fourth-order valence-electron chi connectivity index (χ4n) is 2.58. The van der Waals surface area contributed by atoms with Crippen molar-refractivity contribution in [1.29, 1.82) is 0 Å². The van der Waals surface area contributed by atoms with Crippen molar-refractivity contribution in [2.45, 2.75) is 39.9 Å². The Morgan fingerprint density at radius 1 is 1.44 bits per heavy atom. The molecule has 0 aromatic heterocycles. The van der Waals surface area contributed by atoms with Gasteiger partial charge in [-0.2, -0.15) is 0 Å². The maximum Gasteiger partial charge on any atom is 0.164 e. The first-order chi connectivity index (χ1) is 8.63. The van der Waals surface area contributed by atoms with Crippen LogP contribution < -0.4 is 0 Å². The van der Waals surface area contributed by atoms with E-state index in [1.54, 1.807) is 0 Å². The van der Waals surface area contributed by atoms with Crippen LogP contribution in [0.3, 0.4) is 0 Å². The predicted octanol–water partition coefficient (Wildman–Crippen LogP) is 2.91. The third-order valence-electron chi connectivity index (χ3n) is 3.48. The zero-order valence-corrected chi connectivity index (χ0v) is 11.8. The fourth-order valence-corrected chi connectivity index (χ4v) is 2.58. The highest BCUT2D eigenvalue weighted by Gasteiger charge is 2.32. The van der Waals surface area contributed by atoms with Gasteiger partial charge in [0.2, 0.25) is 0 Å². The lowest BCUT2D eigenvalue weighted by molar-refractivity contribution is -0.166. The van der Waals surface area contributed by atoms with Gasteiger partial charge in [-0.05, 0) is 45.1 Å². The number of rotatable bonds is 7.